The van der Waals surface area contributed by atoms with Crippen LogP contribution in [0.15, 0.2) is 54.6 Å². The number of benzene rings is 2. The van der Waals surface area contributed by atoms with Crippen molar-refractivity contribution in [1.82, 2.24) is 4.90 Å². The number of hydrogen-bond donors (Lipinski definition) is 1. The number of carbonyl (C=O) groups excluding carboxylic acids is 1. The standard InChI is InChI=1S/C20H23NO3/c1-20(2,3)17-11-9-16(10-12-17)19(24)21(14-18(22)23)13-15-7-5-4-6-8-15/h4-12H,13-14H2,1-3H3,(H,22,23). The number of carbonyl (C=O) groups is 2. The monoisotopic (exact) mass is 325 g/mol. The summed E-state index contributed by atoms with van der Waals surface area (Å²) in [4.78, 5) is 25.2. The molecule has 1 amide bonds. The summed E-state index contributed by atoms with van der Waals surface area (Å²) < 4.78 is 0. The molecule has 0 saturated heterocycles. The van der Waals surface area contributed by atoms with Crippen molar-refractivity contribution in [2.75, 3.05) is 6.54 Å². The number of aliphatic carboxylic acids is 1. The Morgan fingerprint density at radius 3 is 2.04 bits per heavy atom. The molecule has 0 radical (unpaired) electrons. The summed E-state index contributed by atoms with van der Waals surface area (Å²) in [5.74, 6) is -1.30. The molecule has 0 aliphatic rings. The maximum Gasteiger partial charge on any atom is 0.323 e. The van der Waals surface area contributed by atoms with Gasteiger partial charge in [-0.15, -0.1) is 0 Å². The second-order valence-electron chi connectivity index (χ2n) is 6.87. The molecule has 126 valence electrons. The molecule has 0 aliphatic heterocycles. The van der Waals surface area contributed by atoms with E-state index in [1.54, 1.807) is 12.1 Å². The fourth-order valence-electron chi connectivity index (χ4n) is 2.46. The second kappa shape index (κ2) is 7.30. The van der Waals surface area contributed by atoms with Crippen molar-refractivity contribution >= 4 is 11.9 Å². The van der Waals surface area contributed by atoms with E-state index >= 15 is 0 Å². The molecule has 0 heterocycles. The highest BCUT2D eigenvalue weighted by molar-refractivity contribution is 5.95. The third-order valence-electron chi connectivity index (χ3n) is 3.83. The lowest BCUT2D eigenvalue weighted by Gasteiger charge is -2.22. The molecule has 0 spiro atoms. The van der Waals surface area contributed by atoms with Crippen molar-refractivity contribution < 1.29 is 14.7 Å². The predicted molar refractivity (Wildman–Crippen MR) is 94.0 cm³/mol. The highest BCUT2D eigenvalue weighted by Crippen LogP contribution is 2.22. The van der Waals surface area contributed by atoms with Gasteiger partial charge in [-0.3, -0.25) is 9.59 Å². The highest BCUT2D eigenvalue weighted by atomic mass is 16.4. The van der Waals surface area contributed by atoms with Gasteiger partial charge >= 0.3 is 5.97 Å². The summed E-state index contributed by atoms with van der Waals surface area (Å²) in [7, 11) is 0. The minimum Gasteiger partial charge on any atom is -0.480 e. The van der Waals surface area contributed by atoms with Gasteiger partial charge in [0.1, 0.15) is 6.54 Å². The summed E-state index contributed by atoms with van der Waals surface area (Å²) in [6.07, 6.45) is 0. The Hall–Kier alpha value is -2.62. The Labute approximate surface area is 142 Å². The molecule has 2 aromatic carbocycles. The third-order valence-corrected chi connectivity index (χ3v) is 3.83. The SMILES string of the molecule is CC(C)(C)c1ccc(C(=O)N(CC(=O)O)Cc2ccccc2)cc1. The molecule has 4 nitrogen and oxygen atoms in total. The van der Waals surface area contributed by atoms with Crippen LogP contribution >= 0.6 is 0 Å². The van der Waals surface area contributed by atoms with Gasteiger partial charge in [-0.2, -0.15) is 0 Å². The molecule has 2 rings (SSSR count). The number of amides is 1. The summed E-state index contributed by atoms with van der Waals surface area (Å²) >= 11 is 0. The summed E-state index contributed by atoms with van der Waals surface area (Å²) in [6, 6.07) is 16.8. The van der Waals surface area contributed by atoms with Crippen LogP contribution in [-0.2, 0) is 16.8 Å². The first kappa shape index (κ1) is 17.7. The van der Waals surface area contributed by atoms with Crippen LogP contribution in [0.1, 0.15) is 42.3 Å². The first-order chi connectivity index (χ1) is 11.3. The molecule has 1 N–H and O–H groups in total. The lowest BCUT2D eigenvalue weighted by molar-refractivity contribution is -0.137. The van der Waals surface area contributed by atoms with Crippen LogP contribution in [-0.4, -0.2) is 28.4 Å². The molecule has 0 unspecified atom stereocenters. The summed E-state index contributed by atoms with van der Waals surface area (Å²) in [5, 5.41) is 9.11. The normalized spacial score (nSPS) is 11.1. The van der Waals surface area contributed by atoms with Gasteiger partial charge in [0.15, 0.2) is 0 Å². The predicted octanol–water partition coefficient (Wildman–Crippen LogP) is 3.71. The van der Waals surface area contributed by atoms with Crippen LogP contribution in [0.3, 0.4) is 0 Å². The summed E-state index contributed by atoms with van der Waals surface area (Å²) in [5.41, 5.74) is 2.54. The molecule has 0 aliphatic carbocycles. The topological polar surface area (TPSA) is 57.6 Å². The number of carboxylic acid groups (broad SMARTS) is 1. The van der Waals surface area contributed by atoms with Gasteiger partial charge in [0, 0.05) is 12.1 Å². The van der Waals surface area contributed by atoms with E-state index in [-0.39, 0.29) is 24.4 Å². The quantitative estimate of drug-likeness (QED) is 0.911. The van der Waals surface area contributed by atoms with Crippen LogP contribution in [0, 0.1) is 0 Å². The molecule has 0 fully saturated rings. The molecule has 24 heavy (non-hydrogen) atoms. The van der Waals surface area contributed by atoms with E-state index in [1.807, 2.05) is 42.5 Å². The van der Waals surface area contributed by atoms with Gasteiger partial charge in [0.25, 0.3) is 5.91 Å². The first-order valence-corrected chi connectivity index (χ1v) is 7.93. The van der Waals surface area contributed by atoms with Crippen molar-refractivity contribution in [3.05, 3.63) is 71.3 Å². The van der Waals surface area contributed by atoms with E-state index in [2.05, 4.69) is 20.8 Å². The number of nitrogens with zero attached hydrogens (tertiary/aromatic N) is 1. The maximum atomic E-state index is 12.7. The minimum atomic E-state index is -1.02. The second-order valence-corrected chi connectivity index (χ2v) is 6.87. The molecular weight excluding hydrogens is 302 g/mol. The Morgan fingerprint density at radius 1 is 0.958 bits per heavy atom. The zero-order valence-corrected chi connectivity index (χ0v) is 14.3. The maximum absolute atomic E-state index is 12.7. The van der Waals surface area contributed by atoms with Crippen LogP contribution < -0.4 is 0 Å². The number of rotatable bonds is 5. The van der Waals surface area contributed by atoms with Crippen molar-refractivity contribution in [2.24, 2.45) is 0 Å². The Morgan fingerprint density at radius 2 is 1.54 bits per heavy atom. The molecule has 0 atom stereocenters. The third kappa shape index (κ3) is 4.69. The lowest BCUT2D eigenvalue weighted by atomic mass is 9.86. The first-order valence-electron chi connectivity index (χ1n) is 7.93. The van der Waals surface area contributed by atoms with Crippen molar-refractivity contribution in [3.63, 3.8) is 0 Å². The van der Waals surface area contributed by atoms with Gasteiger partial charge in [0.05, 0.1) is 0 Å². The van der Waals surface area contributed by atoms with E-state index in [1.165, 1.54) is 4.90 Å². The molecule has 2 aromatic rings. The average Bonchev–Trinajstić information content (AvgIpc) is 2.53. The molecule has 0 bridgehead atoms. The Kier molecular flexibility index (Phi) is 5.39. The van der Waals surface area contributed by atoms with E-state index < -0.39 is 5.97 Å². The van der Waals surface area contributed by atoms with E-state index in [4.69, 9.17) is 5.11 Å². The van der Waals surface area contributed by atoms with Crippen LogP contribution in [0.2, 0.25) is 0 Å². The van der Waals surface area contributed by atoms with Gasteiger partial charge in [-0.05, 0) is 28.7 Å². The van der Waals surface area contributed by atoms with E-state index in [0.29, 0.717) is 5.56 Å². The average molecular weight is 325 g/mol. The van der Waals surface area contributed by atoms with Crippen LogP contribution in [0.4, 0.5) is 0 Å². The fraction of sp³-hybridized carbons (Fsp3) is 0.300. The fourth-order valence-corrected chi connectivity index (χ4v) is 2.46. The minimum absolute atomic E-state index is 0.00632. The highest BCUT2D eigenvalue weighted by Gasteiger charge is 2.20. The van der Waals surface area contributed by atoms with Crippen LogP contribution in [0.5, 0.6) is 0 Å². The zero-order chi connectivity index (χ0) is 17.7. The van der Waals surface area contributed by atoms with Crippen molar-refractivity contribution in [2.45, 2.75) is 32.7 Å². The van der Waals surface area contributed by atoms with E-state index in [0.717, 1.165) is 11.1 Å². The Balaban J connectivity index is 2.22. The van der Waals surface area contributed by atoms with Crippen molar-refractivity contribution in [1.29, 1.82) is 0 Å². The van der Waals surface area contributed by atoms with Gasteiger partial charge < -0.3 is 10.0 Å². The summed E-state index contributed by atoms with van der Waals surface area (Å²) in [6.45, 7) is 6.27. The molecular formula is C20H23NO3. The zero-order valence-electron chi connectivity index (χ0n) is 14.3. The van der Waals surface area contributed by atoms with Gasteiger partial charge in [0.2, 0.25) is 0 Å². The number of carboxylic acids is 1. The molecule has 0 saturated carbocycles. The smallest absolute Gasteiger partial charge is 0.323 e. The van der Waals surface area contributed by atoms with Crippen molar-refractivity contribution in [3.8, 4) is 0 Å². The van der Waals surface area contributed by atoms with Gasteiger partial charge in [-0.1, -0.05) is 63.2 Å². The van der Waals surface area contributed by atoms with Gasteiger partial charge in [-0.25, -0.2) is 0 Å². The molecule has 0 aromatic heterocycles. The Bertz CT molecular complexity index is 700. The van der Waals surface area contributed by atoms with E-state index in [9.17, 15) is 9.59 Å². The number of hydrogen-bond acceptors (Lipinski definition) is 2. The molecule has 4 heteroatoms. The largest absolute Gasteiger partial charge is 0.480 e. The lowest BCUT2D eigenvalue weighted by Crippen LogP contribution is -2.35. The van der Waals surface area contributed by atoms with Crippen LogP contribution in [0.25, 0.3) is 0 Å².